The number of H-pyrrole nitrogens is 1. The number of imidazole rings is 1. The van der Waals surface area contributed by atoms with Crippen LogP contribution in [0.3, 0.4) is 0 Å². The van der Waals surface area contributed by atoms with E-state index in [0.717, 1.165) is 5.69 Å². The number of amides is 1. The van der Waals surface area contributed by atoms with Crippen LogP contribution in [0.25, 0.3) is 0 Å². The number of aromatic nitrogens is 3. The lowest BCUT2D eigenvalue weighted by Gasteiger charge is -2.32. The Morgan fingerprint density at radius 1 is 1.43 bits per heavy atom. The van der Waals surface area contributed by atoms with Crippen LogP contribution in [0.5, 0.6) is 0 Å². The van der Waals surface area contributed by atoms with Gasteiger partial charge in [0.25, 0.3) is 5.91 Å². The van der Waals surface area contributed by atoms with E-state index < -0.39 is 12.0 Å². The number of hydrogen-bond acceptors (Lipinski definition) is 4. The van der Waals surface area contributed by atoms with Gasteiger partial charge in [-0.15, -0.1) is 0 Å². The smallest absolute Gasteiger partial charge is 0.326 e. The van der Waals surface area contributed by atoms with Crippen LogP contribution in [0.4, 0.5) is 0 Å². The van der Waals surface area contributed by atoms with Gasteiger partial charge < -0.3 is 15.0 Å². The Bertz CT molecular complexity index is 715. The summed E-state index contributed by atoms with van der Waals surface area (Å²) in [6.07, 6.45) is 4.70. The third-order valence-electron chi connectivity index (χ3n) is 3.40. The van der Waals surface area contributed by atoms with E-state index in [0.29, 0.717) is 15.7 Å². The van der Waals surface area contributed by atoms with E-state index in [4.69, 9.17) is 0 Å². The van der Waals surface area contributed by atoms with E-state index in [2.05, 4.69) is 30.9 Å². The molecule has 21 heavy (non-hydrogen) atoms. The molecule has 7 nitrogen and oxygen atoms in total. The van der Waals surface area contributed by atoms with Crippen LogP contribution in [-0.2, 0) is 17.8 Å². The normalized spacial score (nSPS) is 17.4. The zero-order valence-corrected chi connectivity index (χ0v) is 12.4. The lowest BCUT2D eigenvalue weighted by Crippen LogP contribution is -2.48. The molecule has 0 spiro atoms. The van der Waals surface area contributed by atoms with Gasteiger partial charge in [-0.05, 0) is 22.0 Å². The molecule has 0 aromatic carbocycles. The first kappa shape index (κ1) is 13.7. The number of halogens is 1. The van der Waals surface area contributed by atoms with Crippen molar-refractivity contribution in [3.63, 3.8) is 0 Å². The lowest BCUT2D eigenvalue weighted by molar-refractivity contribution is -0.142. The van der Waals surface area contributed by atoms with Crippen molar-refractivity contribution < 1.29 is 14.7 Å². The monoisotopic (exact) mass is 350 g/mol. The molecular weight excluding hydrogens is 340 g/mol. The van der Waals surface area contributed by atoms with Crippen LogP contribution in [-0.4, -0.2) is 42.9 Å². The Labute approximate surface area is 128 Å². The number of nitrogens with one attached hydrogen (secondary N) is 1. The number of fused-ring (bicyclic) bond motifs is 1. The van der Waals surface area contributed by atoms with Gasteiger partial charge in [0.2, 0.25) is 0 Å². The number of rotatable bonds is 2. The van der Waals surface area contributed by atoms with Crippen molar-refractivity contribution >= 4 is 27.8 Å². The minimum atomic E-state index is -1.04. The largest absolute Gasteiger partial charge is 0.480 e. The molecule has 0 radical (unpaired) electrons. The minimum Gasteiger partial charge on any atom is -0.480 e. The second-order valence-electron chi connectivity index (χ2n) is 4.71. The van der Waals surface area contributed by atoms with Crippen LogP contribution in [0.15, 0.2) is 29.3 Å². The fraction of sp³-hybridized carbons (Fsp3) is 0.231. The third-order valence-corrected chi connectivity index (χ3v) is 3.83. The Morgan fingerprint density at radius 3 is 2.95 bits per heavy atom. The van der Waals surface area contributed by atoms with Gasteiger partial charge in [0.05, 0.1) is 29.8 Å². The number of pyridine rings is 1. The maximum absolute atomic E-state index is 12.6. The van der Waals surface area contributed by atoms with Gasteiger partial charge in [-0.25, -0.2) is 9.78 Å². The van der Waals surface area contributed by atoms with Crippen molar-refractivity contribution in [1.29, 1.82) is 0 Å². The quantitative estimate of drug-likeness (QED) is 0.848. The molecule has 3 heterocycles. The van der Waals surface area contributed by atoms with Crippen LogP contribution in [0.1, 0.15) is 21.7 Å². The van der Waals surface area contributed by atoms with Crippen LogP contribution >= 0.6 is 15.9 Å². The number of nitrogens with zero attached hydrogens (tertiary/aromatic N) is 3. The second-order valence-corrected chi connectivity index (χ2v) is 5.63. The lowest BCUT2D eigenvalue weighted by atomic mass is 10.0. The van der Waals surface area contributed by atoms with Crippen LogP contribution in [0.2, 0.25) is 0 Å². The topological polar surface area (TPSA) is 99.2 Å². The highest BCUT2D eigenvalue weighted by Gasteiger charge is 2.36. The molecule has 2 aromatic rings. The van der Waals surface area contributed by atoms with Crippen molar-refractivity contribution in [3.05, 3.63) is 46.2 Å². The van der Waals surface area contributed by atoms with Gasteiger partial charge in [-0.1, -0.05) is 0 Å². The van der Waals surface area contributed by atoms with Crippen molar-refractivity contribution in [3.8, 4) is 0 Å². The number of carbonyl (C=O) groups is 2. The average Bonchev–Trinajstić information content (AvgIpc) is 2.92. The standard InChI is InChI=1S/C13H11BrN4O3/c14-8-1-7(3-15-4-8)12(19)18-5-10-9(16-6-17-10)2-11(18)13(20)21/h1,3-4,6,11H,2,5H2,(H,16,17)(H,20,21). The predicted octanol–water partition coefficient (Wildman–Crippen LogP) is 1.22. The zero-order chi connectivity index (χ0) is 15.0. The van der Waals surface area contributed by atoms with Crippen LogP contribution in [0, 0.1) is 0 Å². The van der Waals surface area contributed by atoms with Gasteiger partial charge in [0.1, 0.15) is 6.04 Å². The van der Waals surface area contributed by atoms with Gasteiger partial charge in [-0.3, -0.25) is 9.78 Å². The van der Waals surface area contributed by atoms with Gasteiger partial charge >= 0.3 is 5.97 Å². The van der Waals surface area contributed by atoms with Crippen molar-refractivity contribution in [2.24, 2.45) is 0 Å². The first-order valence-electron chi connectivity index (χ1n) is 6.21. The molecule has 0 aliphatic carbocycles. The summed E-state index contributed by atoms with van der Waals surface area (Å²) in [7, 11) is 0. The Balaban J connectivity index is 1.95. The molecule has 8 heteroatoms. The highest BCUT2D eigenvalue weighted by molar-refractivity contribution is 9.10. The average molecular weight is 351 g/mol. The summed E-state index contributed by atoms with van der Waals surface area (Å²) in [5.41, 5.74) is 1.81. The summed E-state index contributed by atoms with van der Waals surface area (Å²) in [5.74, 6) is -1.41. The van der Waals surface area contributed by atoms with Gasteiger partial charge in [0.15, 0.2) is 0 Å². The fourth-order valence-corrected chi connectivity index (χ4v) is 2.73. The molecule has 2 aromatic heterocycles. The van der Waals surface area contributed by atoms with E-state index in [1.54, 1.807) is 12.3 Å². The Kier molecular flexibility index (Phi) is 3.46. The molecule has 1 amide bonds. The minimum absolute atomic E-state index is 0.192. The molecule has 0 saturated carbocycles. The number of carboxylic acid groups (broad SMARTS) is 1. The molecule has 108 valence electrons. The molecule has 3 rings (SSSR count). The molecular formula is C13H11BrN4O3. The molecule has 2 N–H and O–H groups in total. The predicted molar refractivity (Wildman–Crippen MR) is 75.5 cm³/mol. The van der Waals surface area contributed by atoms with Crippen LogP contribution < -0.4 is 0 Å². The molecule has 1 atom stereocenters. The summed E-state index contributed by atoms with van der Waals surface area (Å²) in [4.78, 5) is 36.3. The number of aromatic amines is 1. The van der Waals surface area contributed by atoms with Crippen molar-refractivity contribution in [2.75, 3.05) is 0 Å². The number of hydrogen-bond donors (Lipinski definition) is 2. The highest BCUT2D eigenvalue weighted by atomic mass is 79.9. The number of aliphatic carboxylic acids is 1. The maximum atomic E-state index is 12.6. The number of carboxylic acids is 1. The summed E-state index contributed by atoms with van der Waals surface area (Å²) >= 11 is 3.25. The summed E-state index contributed by atoms with van der Waals surface area (Å²) in [6, 6.07) is 0.698. The molecule has 1 unspecified atom stereocenters. The van der Waals surface area contributed by atoms with E-state index in [1.165, 1.54) is 17.4 Å². The third kappa shape index (κ3) is 2.54. The summed E-state index contributed by atoms with van der Waals surface area (Å²) in [5, 5.41) is 9.37. The molecule has 1 aliphatic heterocycles. The Hall–Kier alpha value is -2.22. The van der Waals surface area contributed by atoms with Gasteiger partial charge in [-0.2, -0.15) is 0 Å². The molecule has 0 bridgehead atoms. The van der Waals surface area contributed by atoms with E-state index in [9.17, 15) is 14.7 Å². The fourth-order valence-electron chi connectivity index (χ4n) is 2.36. The first-order valence-corrected chi connectivity index (χ1v) is 7.01. The van der Waals surface area contributed by atoms with Crippen molar-refractivity contribution in [2.45, 2.75) is 19.0 Å². The van der Waals surface area contributed by atoms with E-state index in [1.807, 2.05) is 0 Å². The van der Waals surface area contributed by atoms with Crippen molar-refractivity contribution in [1.82, 2.24) is 19.9 Å². The molecule has 0 saturated heterocycles. The first-order chi connectivity index (χ1) is 10.1. The number of carbonyl (C=O) groups excluding carboxylic acids is 1. The zero-order valence-electron chi connectivity index (χ0n) is 10.8. The van der Waals surface area contributed by atoms with E-state index >= 15 is 0 Å². The summed E-state index contributed by atoms with van der Waals surface area (Å²) in [6.45, 7) is 0.192. The second kappa shape index (κ2) is 5.28. The SMILES string of the molecule is O=C(O)C1Cc2nc[nH]c2CN1C(=O)c1cncc(Br)c1. The highest BCUT2D eigenvalue weighted by Crippen LogP contribution is 2.23. The van der Waals surface area contributed by atoms with Gasteiger partial charge in [0, 0.05) is 23.3 Å². The van der Waals surface area contributed by atoms with E-state index in [-0.39, 0.29) is 18.9 Å². The Morgan fingerprint density at radius 2 is 2.24 bits per heavy atom. The molecule has 0 fully saturated rings. The summed E-state index contributed by atoms with van der Waals surface area (Å²) < 4.78 is 0.666. The molecule has 1 aliphatic rings. The maximum Gasteiger partial charge on any atom is 0.326 e.